The quantitative estimate of drug-likeness (QED) is 0.758. The predicted molar refractivity (Wildman–Crippen MR) is 120 cm³/mol. The van der Waals surface area contributed by atoms with Crippen LogP contribution in [0.5, 0.6) is 0 Å². The largest absolute Gasteiger partial charge is 0.335 e. The third-order valence-electron chi connectivity index (χ3n) is 6.70. The van der Waals surface area contributed by atoms with Crippen LogP contribution in [0.3, 0.4) is 0 Å². The average molecular weight is 442 g/mol. The summed E-state index contributed by atoms with van der Waals surface area (Å²) in [6.07, 6.45) is 4.29. The molecular weight excluding hydrogens is 414 g/mol. The van der Waals surface area contributed by atoms with Crippen molar-refractivity contribution in [3.05, 3.63) is 51.8 Å². The van der Waals surface area contributed by atoms with Crippen LogP contribution in [0, 0.1) is 6.92 Å². The van der Waals surface area contributed by atoms with Crippen molar-refractivity contribution in [3.8, 4) is 0 Å². The molecule has 2 aromatic rings. The number of aromatic nitrogens is 2. The number of fused-ring (bicyclic) bond motifs is 1. The molecule has 1 saturated carbocycles. The van der Waals surface area contributed by atoms with E-state index in [9.17, 15) is 9.59 Å². The molecule has 0 saturated heterocycles. The number of hydrogen-bond donors (Lipinski definition) is 2. The molecule has 0 atom stereocenters. The lowest BCUT2D eigenvalue weighted by atomic mass is 9.68. The van der Waals surface area contributed by atoms with Gasteiger partial charge in [-0.05, 0) is 50.3 Å². The van der Waals surface area contributed by atoms with Gasteiger partial charge in [-0.1, -0.05) is 23.7 Å². The Morgan fingerprint density at radius 2 is 2.06 bits per heavy atom. The van der Waals surface area contributed by atoms with Gasteiger partial charge in [-0.25, -0.2) is 9.97 Å². The molecule has 1 aromatic carbocycles. The van der Waals surface area contributed by atoms with E-state index in [4.69, 9.17) is 17.3 Å². The SMILES string of the molecule is CC(=O)Nc1nc(C)c2c(n1)CCN(C1CCC(CN)(c3cccc(Cl)c3)CC1)C2=O. The number of amides is 2. The molecule has 1 aromatic heterocycles. The smallest absolute Gasteiger partial charge is 0.257 e. The van der Waals surface area contributed by atoms with E-state index in [-0.39, 0.29) is 29.2 Å². The number of halogens is 1. The van der Waals surface area contributed by atoms with Crippen LogP contribution >= 0.6 is 11.6 Å². The number of anilines is 1. The maximum absolute atomic E-state index is 13.3. The number of hydrogen-bond acceptors (Lipinski definition) is 5. The van der Waals surface area contributed by atoms with Gasteiger partial charge in [-0.3, -0.25) is 14.9 Å². The van der Waals surface area contributed by atoms with Gasteiger partial charge in [0.25, 0.3) is 5.91 Å². The lowest BCUT2D eigenvalue weighted by Gasteiger charge is -2.44. The molecule has 2 amide bonds. The first-order valence-electron chi connectivity index (χ1n) is 10.8. The number of aryl methyl sites for hydroxylation is 1. The molecule has 2 heterocycles. The van der Waals surface area contributed by atoms with Crippen molar-refractivity contribution in [2.45, 2.75) is 57.4 Å². The van der Waals surface area contributed by atoms with Gasteiger partial charge in [0.1, 0.15) is 0 Å². The molecule has 0 unspecified atom stereocenters. The van der Waals surface area contributed by atoms with Crippen LogP contribution in [0.4, 0.5) is 5.95 Å². The van der Waals surface area contributed by atoms with E-state index >= 15 is 0 Å². The van der Waals surface area contributed by atoms with Crippen molar-refractivity contribution >= 4 is 29.4 Å². The number of nitrogens with one attached hydrogen (secondary N) is 1. The fraction of sp³-hybridized carbons (Fsp3) is 0.478. The Labute approximate surface area is 187 Å². The van der Waals surface area contributed by atoms with Crippen molar-refractivity contribution in [3.63, 3.8) is 0 Å². The molecule has 0 bridgehead atoms. The van der Waals surface area contributed by atoms with Crippen LogP contribution in [-0.4, -0.2) is 45.8 Å². The number of rotatable bonds is 4. The van der Waals surface area contributed by atoms with Gasteiger partial charge in [0.15, 0.2) is 0 Å². The van der Waals surface area contributed by atoms with Gasteiger partial charge in [-0.15, -0.1) is 0 Å². The summed E-state index contributed by atoms with van der Waals surface area (Å²) in [6, 6.07) is 8.16. The molecule has 0 radical (unpaired) electrons. The minimum atomic E-state index is -0.228. The van der Waals surface area contributed by atoms with Crippen LogP contribution in [0.15, 0.2) is 24.3 Å². The van der Waals surface area contributed by atoms with E-state index in [1.54, 1.807) is 6.92 Å². The van der Waals surface area contributed by atoms with Gasteiger partial charge in [0.2, 0.25) is 11.9 Å². The predicted octanol–water partition coefficient (Wildman–Crippen LogP) is 3.23. The zero-order chi connectivity index (χ0) is 22.2. The molecule has 8 heteroatoms. The summed E-state index contributed by atoms with van der Waals surface area (Å²) in [5, 5.41) is 3.34. The maximum atomic E-state index is 13.3. The van der Waals surface area contributed by atoms with E-state index in [1.165, 1.54) is 12.5 Å². The Morgan fingerprint density at radius 1 is 1.32 bits per heavy atom. The fourth-order valence-corrected chi connectivity index (χ4v) is 5.21. The third kappa shape index (κ3) is 4.16. The number of benzene rings is 1. The highest BCUT2D eigenvalue weighted by atomic mass is 35.5. The van der Waals surface area contributed by atoms with Crippen molar-refractivity contribution < 1.29 is 9.59 Å². The van der Waals surface area contributed by atoms with Crippen LogP contribution < -0.4 is 11.1 Å². The number of carbonyl (C=O) groups is 2. The highest BCUT2D eigenvalue weighted by molar-refractivity contribution is 6.30. The summed E-state index contributed by atoms with van der Waals surface area (Å²) < 4.78 is 0. The minimum Gasteiger partial charge on any atom is -0.335 e. The molecule has 1 aliphatic heterocycles. The molecule has 3 N–H and O–H groups in total. The van der Waals surface area contributed by atoms with Crippen molar-refractivity contribution in [1.82, 2.24) is 14.9 Å². The Balaban J connectivity index is 1.51. The van der Waals surface area contributed by atoms with Gasteiger partial charge < -0.3 is 10.6 Å². The standard InChI is InChI=1S/C23H28ClN5O2/c1-14-20-19(28-22(26-14)27-15(2)30)8-11-29(21(20)31)18-6-9-23(13-25,10-7-18)16-4-3-5-17(24)12-16/h3-5,12,18H,6-11,13,25H2,1-2H3,(H,26,27,28,30). The van der Waals surface area contributed by atoms with Gasteiger partial charge in [0, 0.05) is 42.9 Å². The zero-order valence-corrected chi connectivity index (χ0v) is 18.7. The lowest BCUT2D eigenvalue weighted by Crippen LogP contribution is -2.50. The normalized spacial score (nSPS) is 23.4. The lowest BCUT2D eigenvalue weighted by molar-refractivity contribution is -0.114. The first-order valence-corrected chi connectivity index (χ1v) is 11.1. The second-order valence-electron chi connectivity index (χ2n) is 8.61. The first kappa shape index (κ1) is 21.7. The monoisotopic (exact) mass is 441 g/mol. The van der Waals surface area contributed by atoms with E-state index < -0.39 is 0 Å². The Hall–Kier alpha value is -2.51. The van der Waals surface area contributed by atoms with Crippen LogP contribution in [-0.2, 0) is 16.6 Å². The Bertz CT molecular complexity index is 1020. The molecule has 164 valence electrons. The number of nitrogens with zero attached hydrogens (tertiary/aromatic N) is 3. The Morgan fingerprint density at radius 3 is 2.71 bits per heavy atom. The van der Waals surface area contributed by atoms with Gasteiger partial charge in [0.05, 0.1) is 17.0 Å². The van der Waals surface area contributed by atoms with E-state index in [0.717, 1.165) is 30.7 Å². The minimum absolute atomic E-state index is 0.0128. The molecule has 31 heavy (non-hydrogen) atoms. The number of nitrogens with two attached hydrogens (primary N) is 1. The van der Waals surface area contributed by atoms with Gasteiger partial charge in [-0.2, -0.15) is 0 Å². The Kier molecular flexibility index (Phi) is 5.99. The zero-order valence-electron chi connectivity index (χ0n) is 17.9. The summed E-state index contributed by atoms with van der Waals surface area (Å²) >= 11 is 6.23. The average Bonchev–Trinajstić information content (AvgIpc) is 2.73. The number of carbonyl (C=O) groups excluding carboxylic acids is 2. The second-order valence-corrected chi connectivity index (χ2v) is 9.05. The van der Waals surface area contributed by atoms with Crippen LogP contribution in [0.1, 0.15) is 59.9 Å². The molecule has 1 fully saturated rings. The van der Waals surface area contributed by atoms with Crippen molar-refractivity contribution in [2.75, 3.05) is 18.4 Å². The van der Waals surface area contributed by atoms with Crippen molar-refractivity contribution in [1.29, 1.82) is 0 Å². The van der Waals surface area contributed by atoms with Crippen LogP contribution in [0.25, 0.3) is 0 Å². The van der Waals surface area contributed by atoms with E-state index in [0.29, 0.717) is 36.5 Å². The van der Waals surface area contributed by atoms with Crippen molar-refractivity contribution in [2.24, 2.45) is 5.73 Å². The fourth-order valence-electron chi connectivity index (χ4n) is 5.02. The summed E-state index contributed by atoms with van der Waals surface area (Å²) in [6.45, 7) is 4.40. The van der Waals surface area contributed by atoms with E-state index in [2.05, 4.69) is 21.4 Å². The first-order chi connectivity index (χ1) is 14.8. The molecule has 2 aliphatic rings. The molecule has 7 nitrogen and oxygen atoms in total. The summed E-state index contributed by atoms with van der Waals surface area (Å²) in [5.41, 5.74) is 9.22. The molecule has 4 rings (SSSR count). The van der Waals surface area contributed by atoms with E-state index in [1.807, 2.05) is 23.1 Å². The topological polar surface area (TPSA) is 101 Å². The molecular formula is C23H28ClN5O2. The highest BCUT2D eigenvalue weighted by Gasteiger charge is 2.40. The third-order valence-corrected chi connectivity index (χ3v) is 6.93. The summed E-state index contributed by atoms with van der Waals surface area (Å²) in [4.78, 5) is 35.4. The molecule has 0 spiro atoms. The second kappa shape index (κ2) is 8.55. The summed E-state index contributed by atoms with van der Waals surface area (Å²) in [7, 11) is 0. The molecule has 1 aliphatic carbocycles. The van der Waals surface area contributed by atoms with Crippen LogP contribution in [0.2, 0.25) is 5.02 Å². The maximum Gasteiger partial charge on any atom is 0.257 e. The summed E-state index contributed by atoms with van der Waals surface area (Å²) in [5.74, 6) is 0.0199. The van der Waals surface area contributed by atoms with Gasteiger partial charge >= 0.3 is 0 Å². The highest BCUT2D eigenvalue weighted by Crippen LogP contribution is 2.41.